The molecular weight excluding hydrogens is 398 g/mol. The van der Waals surface area contributed by atoms with E-state index in [4.69, 9.17) is 0 Å². The minimum atomic E-state index is -4.11. The van der Waals surface area contributed by atoms with Crippen LogP contribution in [0.1, 0.15) is 15.4 Å². The van der Waals surface area contributed by atoms with Gasteiger partial charge < -0.3 is 0 Å². The first-order chi connectivity index (χ1) is 12.7. The van der Waals surface area contributed by atoms with Gasteiger partial charge in [-0.2, -0.15) is 0 Å². The van der Waals surface area contributed by atoms with Crippen molar-refractivity contribution in [2.75, 3.05) is 10.0 Å². The van der Waals surface area contributed by atoms with Crippen LogP contribution in [-0.4, -0.2) is 24.5 Å². The number of carbonyl (C=O) groups excluding carboxylic acids is 1. The van der Waals surface area contributed by atoms with E-state index in [1.807, 2.05) is 0 Å². The van der Waals surface area contributed by atoms with Crippen molar-refractivity contribution < 1.29 is 22.0 Å². The van der Waals surface area contributed by atoms with E-state index in [1.165, 1.54) is 35.6 Å². The van der Waals surface area contributed by atoms with Crippen molar-refractivity contribution in [1.29, 1.82) is 0 Å². The van der Waals surface area contributed by atoms with Gasteiger partial charge in [0.05, 0.1) is 4.90 Å². The highest BCUT2D eigenvalue weighted by Crippen LogP contribution is 2.20. The van der Waals surface area contributed by atoms with E-state index in [0.29, 0.717) is 16.2 Å². The van der Waals surface area contributed by atoms with Gasteiger partial charge in [-0.15, -0.1) is 10.2 Å². The molecule has 1 heterocycles. The number of aryl methyl sites for hydroxylation is 1. The number of hydrogen-bond donors (Lipinski definition) is 2. The molecule has 0 atom stereocenters. The van der Waals surface area contributed by atoms with Crippen LogP contribution < -0.4 is 10.0 Å². The zero-order valence-electron chi connectivity index (χ0n) is 13.7. The largest absolute Gasteiger partial charge is 0.296 e. The zero-order chi connectivity index (χ0) is 19.6. The molecule has 3 aromatic rings. The first-order valence-electron chi connectivity index (χ1n) is 7.44. The number of nitrogens with one attached hydrogen (secondary N) is 2. The van der Waals surface area contributed by atoms with E-state index in [-0.39, 0.29) is 11.3 Å². The van der Waals surface area contributed by atoms with Crippen LogP contribution in [-0.2, 0) is 10.0 Å². The van der Waals surface area contributed by atoms with Crippen LogP contribution in [0.25, 0.3) is 0 Å². The number of halogens is 2. The molecule has 0 radical (unpaired) electrons. The van der Waals surface area contributed by atoms with Crippen molar-refractivity contribution in [1.82, 2.24) is 10.2 Å². The molecule has 1 aromatic heterocycles. The van der Waals surface area contributed by atoms with Crippen molar-refractivity contribution in [3.8, 4) is 0 Å². The van der Waals surface area contributed by atoms with Gasteiger partial charge in [-0.3, -0.25) is 14.8 Å². The molecule has 0 unspecified atom stereocenters. The topological polar surface area (TPSA) is 101 Å². The quantitative estimate of drug-likeness (QED) is 0.673. The van der Waals surface area contributed by atoms with Crippen molar-refractivity contribution in [3.05, 3.63) is 64.7 Å². The minimum absolute atomic E-state index is 0.156. The third-order valence-electron chi connectivity index (χ3n) is 3.35. The fraction of sp³-hybridized carbons (Fsp3) is 0.0625. The zero-order valence-corrected chi connectivity index (χ0v) is 15.4. The number of amides is 1. The standard InChI is InChI=1S/C16H12F2N4O3S2/c1-9-20-21-16(26-9)19-15(23)10-2-4-11(5-3-10)22-27(24,25)12-6-7-13(17)14(18)8-12/h2-8,22H,1H3,(H,19,21,23). The summed E-state index contributed by atoms with van der Waals surface area (Å²) >= 11 is 1.22. The lowest BCUT2D eigenvalue weighted by molar-refractivity contribution is 0.102. The highest BCUT2D eigenvalue weighted by atomic mass is 32.2. The highest BCUT2D eigenvalue weighted by molar-refractivity contribution is 7.92. The molecule has 1 amide bonds. The average Bonchev–Trinajstić information content (AvgIpc) is 3.02. The molecule has 7 nitrogen and oxygen atoms in total. The van der Waals surface area contributed by atoms with Gasteiger partial charge in [0.1, 0.15) is 5.01 Å². The van der Waals surface area contributed by atoms with Gasteiger partial charge >= 0.3 is 0 Å². The maximum absolute atomic E-state index is 13.3. The molecule has 140 valence electrons. The number of anilines is 2. The summed E-state index contributed by atoms with van der Waals surface area (Å²) in [6.07, 6.45) is 0. The Morgan fingerprint density at radius 1 is 1.04 bits per heavy atom. The SMILES string of the molecule is Cc1nnc(NC(=O)c2ccc(NS(=O)(=O)c3ccc(F)c(F)c3)cc2)s1. The lowest BCUT2D eigenvalue weighted by Crippen LogP contribution is -2.14. The van der Waals surface area contributed by atoms with Gasteiger partial charge in [0.15, 0.2) is 11.6 Å². The molecule has 0 saturated heterocycles. The molecular formula is C16H12F2N4O3S2. The number of sulfonamides is 1. The Hall–Kier alpha value is -2.92. The maximum atomic E-state index is 13.3. The molecule has 3 rings (SSSR count). The molecule has 2 N–H and O–H groups in total. The van der Waals surface area contributed by atoms with Crippen LogP contribution in [0, 0.1) is 18.6 Å². The van der Waals surface area contributed by atoms with Gasteiger partial charge in [0, 0.05) is 11.3 Å². The summed E-state index contributed by atoms with van der Waals surface area (Å²) in [6, 6.07) is 7.83. The summed E-state index contributed by atoms with van der Waals surface area (Å²) in [5.41, 5.74) is 0.432. The van der Waals surface area contributed by atoms with Crippen LogP contribution >= 0.6 is 11.3 Å². The van der Waals surface area contributed by atoms with E-state index < -0.39 is 32.5 Å². The molecule has 0 saturated carbocycles. The molecule has 11 heteroatoms. The summed E-state index contributed by atoms with van der Waals surface area (Å²) in [7, 11) is -4.11. The summed E-state index contributed by atoms with van der Waals surface area (Å²) in [5.74, 6) is -2.84. The second-order valence-corrected chi connectivity index (χ2v) is 8.20. The second-order valence-electron chi connectivity index (χ2n) is 5.34. The molecule has 2 aromatic carbocycles. The highest BCUT2D eigenvalue weighted by Gasteiger charge is 2.17. The Balaban J connectivity index is 1.73. The number of benzene rings is 2. The lowest BCUT2D eigenvalue weighted by Gasteiger charge is -2.09. The monoisotopic (exact) mass is 410 g/mol. The molecule has 0 aliphatic heterocycles. The van der Waals surface area contributed by atoms with Crippen LogP contribution in [0.3, 0.4) is 0 Å². The van der Waals surface area contributed by atoms with Gasteiger partial charge in [-0.05, 0) is 49.4 Å². The summed E-state index contributed by atoms with van der Waals surface area (Å²) in [6.45, 7) is 1.75. The molecule has 0 bridgehead atoms. The molecule has 0 fully saturated rings. The first kappa shape index (κ1) is 18.9. The Labute approximate surface area is 157 Å². The number of carbonyl (C=O) groups is 1. The van der Waals surface area contributed by atoms with Crippen molar-refractivity contribution >= 4 is 38.1 Å². The van der Waals surface area contributed by atoms with Crippen LogP contribution in [0.15, 0.2) is 47.4 Å². The Morgan fingerprint density at radius 2 is 1.74 bits per heavy atom. The lowest BCUT2D eigenvalue weighted by atomic mass is 10.2. The maximum Gasteiger partial charge on any atom is 0.261 e. The summed E-state index contributed by atoms with van der Waals surface area (Å²) in [4.78, 5) is 11.7. The number of aromatic nitrogens is 2. The molecule has 0 spiro atoms. The third-order valence-corrected chi connectivity index (χ3v) is 5.48. The van der Waals surface area contributed by atoms with E-state index in [0.717, 1.165) is 12.1 Å². The number of nitrogens with zero attached hydrogens (tertiary/aromatic N) is 2. The van der Waals surface area contributed by atoms with E-state index in [9.17, 15) is 22.0 Å². The fourth-order valence-electron chi connectivity index (χ4n) is 2.06. The van der Waals surface area contributed by atoms with Crippen molar-refractivity contribution in [3.63, 3.8) is 0 Å². The second kappa shape index (κ2) is 7.37. The Kier molecular flexibility index (Phi) is 5.15. The van der Waals surface area contributed by atoms with E-state index >= 15 is 0 Å². The van der Waals surface area contributed by atoms with Gasteiger partial charge in [0.2, 0.25) is 5.13 Å². The first-order valence-corrected chi connectivity index (χ1v) is 9.74. The van der Waals surface area contributed by atoms with Gasteiger partial charge in [0.25, 0.3) is 15.9 Å². The predicted octanol–water partition coefficient (Wildman–Crippen LogP) is 3.18. The van der Waals surface area contributed by atoms with Crippen LogP contribution in [0.2, 0.25) is 0 Å². The van der Waals surface area contributed by atoms with E-state index in [1.54, 1.807) is 6.92 Å². The molecule has 27 heavy (non-hydrogen) atoms. The molecule has 0 aliphatic rings. The van der Waals surface area contributed by atoms with Gasteiger partial charge in [-0.25, -0.2) is 17.2 Å². The predicted molar refractivity (Wildman–Crippen MR) is 96.2 cm³/mol. The minimum Gasteiger partial charge on any atom is -0.296 e. The Bertz CT molecular complexity index is 1100. The van der Waals surface area contributed by atoms with E-state index in [2.05, 4.69) is 20.2 Å². The smallest absolute Gasteiger partial charge is 0.261 e. The number of hydrogen-bond acceptors (Lipinski definition) is 6. The Morgan fingerprint density at radius 3 is 2.33 bits per heavy atom. The average molecular weight is 410 g/mol. The third kappa shape index (κ3) is 4.44. The normalized spacial score (nSPS) is 11.2. The van der Waals surface area contributed by atoms with Crippen molar-refractivity contribution in [2.24, 2.45) is 0 Å². The molecule has 0 aliphatic carbocycles. The van der Waals surface area contributed by atoms with Crippen LogP contribution in [0.5, 0.6) is 0 Å². The summed E-state index contributed by atoms with van der Waals surface area (Å²) < 4.78 is 52.9. The summed E-state index contributed by atoms with van der Waals surface area (Å²) in [5, 5.41) is 11.2. The van der Waals surface area contributed by atoms with Gasteiger partial charge in [-0.1, -0.05) is 11.3 Å². The number of rotatable bonds is 5. The van der Waals surface area contributed by atoms with Crippen LogP contribution in [0.4, 0.5) is 19.6 Å². The van der Waals surface area contributed by atoms with Crippen molar-refractivity contribution in [2.45, 2.75) is 11.8 Å². The fourth-order valence-corrected chi connectivity index (χ4v) is 3.72.